The van der Waals surface area contributed by atoms with E-state index in [1.807, 2.05) is 24.5 Å². The maximum atomic E-state index is 4.62. The number of anilines is 3. The number of aromatic amines is 1. The van der Waals surface area contributed by atoms with E-state index in [1.165, 1.54) is 24.2 Å². The standard InChI is InChI=1S/C21H24N6/c1-14-9-16(3-4-20(14)27-13-17-10-18(27)12-26(17)2)24-21-23-8-6-19(25-21)15-5-7-22-11-15/h3-9,11,17-18,22H,10,12-13H2,1-2H3,(H,23,24,25)/t17-,18-/m0/s1. The van der Waals surface area contributed by atoms with E-state index in [-0.39, 0.29) is 0 Å². The summed E-state index contributed by atoms with van der Waals surface area (Å²) in [4.78, 5) is 17.1. The summed E-state index contributed by atoms with van der Waals surface area (Å²) < 4.78 is 0. The average molecular weight is 360 g/mol. The number of nitrogens with zero attached hydrogens (tertiary/aromatic N) is 4. The Morgan fingerprint density at radius 1 is 1.15 bits per heavy atom. The van der Waals surface area contributed by atoms with E-state index in [4.69, 9.17) is 0 Å². The van der Waals surface area contributed by atoms with Crippen molar-refractivity contribution in [2.24, 2.45) is 0 Å². The third kappa shape index (κ3) is 2.96. The molecule has 27 heavy (non-hydrogen) atoms. The third-order valence-electron chi connectivity index (χ3n) is 5.83. The first-order valence-electron chi connectivity index (χ1n) is 9.48. The Kier molecular flexibility index (Phi) is 3.86. The lowest BCUT2D eigenvalue weighted by atomic mass is 10.1. The summed E-state index contributed by atoms with van der Waals surface area (Å²) in [5.41, 5.74) is 5.62. The Hall–Kier alpha value is -2.86. The summed E-state index contributed by atoms with van der Waals surface area (Å²) in [6, 6.07) is 11.8. The quantitative estimate of drug-likeness (QED) is 0.747. The number of likely N-dealkylation sites (N-methyl/N-ethyl adjacent to an activating group) is 1. The molecule has 0 radical (unpaired) electrons. The van der Waals surface area contributed by atoms with E-state index in [0.717, 1.165) is 23.5 Å². The van der Waals surface area contributed by atoms with Crippen molar-refractivity contribution < 1.29 is 0 Å². The van der Waals surface area contributed by atoms with Gasteiger partial charge in [0, 0.05) is 60.7 Å². The van der Waals surface area contributed by atoms with E-state index in [9.17, 15) is 0 Å². The van der Waals surface area contributed by atoms with Gasteiger partial charge in [-0.05, 0) is 56.3 Å². The number of hydrogen-bond acceptors (Lipinski definition) is 5. The van der Waals surface area contributed by atoms with Crippen molar-refractivity contribution in [3.05, 3.63) is 54.5 Å². The van der Waals surface area contributed by atoms with E-state index in [0.29, 0.717) is 18.0 Å². The number of rotatable bonds is 4. The monoisotopic (exact) mass is 360 g/mol. The molecule has 0 saturated carbocycles. The van der Waals surface area contributed by atoms with Gasteiger partial charge in [0.25, 0.3) is 0 Å². The number of benzene rings is 1. The van der Waals surface area contributed by atoms with Gasteiger partial charge in [-0.2, -0.15) is 0 Å². The fourth-order valence-corrected chi connectivity index (χ4v) is 4.41. The highest BCUT2D eigenvalue weighted by Gasteiger charge is 2.41. The second-order valence-corrected chi connectivity index (χ2v) is 7.63. The minimum Gasteiger partial charge on any atom is -0.367 e. The smallest absolute Gasteiger partial charge is 0.227 e. The van der Waals surface area contributed by atoms with Crippen LogP contribution in [0.25, 0.3) is 11.3 Å². The zero-order valence-electron chi connectivity index (χ0n) is 15.7. The van der Waals surface area contributed by atoms with Crippen LogP contribution in [0.5, 0.6) is 0 Å². The van der Waals surface area contributed by atoms with E-state index < -0.39 is 0 Å². The van der Waals surface area contributed by atoms with Crippen molar-refractivity contribution in [1.82, 2.24) is 19.9 Å². The Morgan fingerprint density at radius 2 is 2.07 bits per heavy atom. The molecule has 6 heteroatoms. The third-order valence-corrected chi connectivity index (χ3v) is 5.83. The van der Waals surface area contributed by atoms with E-state index in [1.54, 1.807) is 6.20 Å². The molecule has 2 aliphatic heterocycles. The Balaban J connectivity index is 1.35. The lowest BCUT2D eigenvalue weighted by Crippen LogP contribution is -2.44. The molecular weight excluding hydrogens is 336 g/mol. The topological polar surface area (TPSA) is 60.1 Å². The van der Waals surface area contributed by atoms with Gasteiger partial charge >= 0.3 is 0 Å². The van der Waals surface area contributed by atoms with Crippen molar-refractivity contribution in [2.75, 3.05) is 30.4 Å². The van der Waals surface area contributed by atoms with Crippen molar-refractivity contribution in [3.63, 3.8) is 0 Å². The number of fused-ring (bicyclic) bond motifs is 2. The molecule has 2 aromatic heterocycles. The van der Waals surface area contributed by atoms with Gasteiger partial charge in [-0.1, -0.05) is 0 Å². The second-order valence-electron chi connectivity index (χ2n) is 7.63. The van der Waals surface area contributed by atoms with Crippen LogP contribution in [0.15, 0.2) is 48.9 Å². The van der Waals surface area contributed by atoms with E-state index in [2.05, 4.69) is 62.2 Å². The molecule has 2 N–H and O–H groups in total. The average Bonchev–Trinajstić information content (AvgIpc) is 3.39. The van der Waals surface area contributed by atoms with Gasteiger partial charge < -0.3 is 15.2 Å². The zero-order chi connectivity index (χ0) is 18.4. The molecule has 2 saturated heterocycles. The molecule has 2 fully saturated rings. The first-order chi connectivity index (χ1) is 13.2. The molecule has 0 spiro atoms. The molecule has 0 unspecified atom stereocenters. The van der Waals surface area contributed by atoms with Crippen LogP contribution in [0, 0.1) is 6.92 Å². The number of aryl methyl sites for hydroxylation is 1. The zero-order valence-corrected chi connectivity index (χ0v) is 15.7. The van der Waals surface area contributed by atoms with Crippen LogP contribution >= 0.6 is 0 Å². The van der Waals surface area contributed by atoms with Crippen LogP contribution in [0.4, 0.5) is 17.3 Å². The SMILES string of the molecule is Cc1cc(Nc2nccc(-c3cc[nH]c3)n2)ccc1N1C[C@@H]2C[C@H]1CN2C. The lowest BCUT2D eigenvalue weighted by molar-refractivity contribution is 0.292. The van der Waals surface area contributed by atoms with Crippen LogP contribution < -0.4 is 10.2 Å². The Bertz CT molecular complexity index is 949. The molecule has 0 aliphatic carbocycles. The summed E-state index contributed by atoms with van der Waals surface area (Å²) in [6.07, 6.45) is 6.91. The fourth-order valence-electron chi connectivity index (χ4n) is 4.41. The molecule has 138 valence electrons. The lowest BCUT2D eigenvalue weighted by Gasteiger charge is -2.34. The van der Waals surface area contributed by atoms with Gasteiger partial charge in [0.15, 0.2) is 0 Å². The first kappa shape index (κ1) is 16.3. The fraction of sp³-hybridized carbons (Fsp3) is 0.333. The van der Waals surface area contributed by atoms with Gasteiger partial charge in [0.2, 0.25) is 5.95 Å². The number of likely N-dealkylation sites (tertiary alicyclic amines) is 1. The number of piperazine rings is 1. The van der Waals surface area contributed by atoms with Crippen LogP contribution in [0.2, 0.25) is 0 Å². The molecule has 4 heterocycles. The first-order valence-corrected chi connectivity index (χ1v) is 9.48. The molecule has 0 amide bonds. The van der Waals surface area contributed by atoms with Gasteiger partial charge in [0.05, 0.1) is 5.69 Å². The summed E-state index contributed by atoms with van der Waals surface area (Å²) in [5.74, 6) is 0.614. The predicted octanol–water partition coefficient (Wildman–Crippen LogP) is 3.42. The molecule has 2 bridgehead atoms. The van der Waals surface area contributed by atoms with Crippen LogP contribution in [-0.2, 0) is 0 Å². The Labute approximate surface area is 159 Å². The highest BCUT2D eigenvalue weighted by atomic mass is 15.3. The van der Waals surface area contributed by atoms with Crippen LogP contribution in [0.3, 0.4) is 0 Å². The maximum Gasteiger partial charge on any atom is 0.227 e. The molecule has 2 atom stereocenters. The van der Waals surface area contributed by atoms with Gasteiger partial charge in [-0.25, -0.2) is 9.97 Å². The Morgan fingerprint density at radius 3 is 2.78 bits per heavy atom. The minimum absolute atomic E-state index is 0.614. The number of aromatic nitrogens is 3. The molecule has 3 aromatic rings. The minimum atomic E-state index is 0.614. The summed E-state index contributed by atoms with van der Waals surface area (Å²) in [7, 11) is 2.24. The highest BCUT2D eigenvalue weighted by Crippen LogP contribution is 2.36. The molecule has 6 nitrogen and oxygen atoms in total. The van der Waals surface area contributed by atoms with Crippen molar-refractivity contribution >= 4 is 17.3 Å². The van der Waals surface area contributed by atoms with Gasteiger partial charge in [-0.3, -0.25) is 4.90 Å². The second kappa shape index (κ2) is 6.39. The predicted molar refractivity (Wildman–Crippen MR) is 108 cm³/mol. The normalized spacial score (nSPS) is 21.8. The number of nitrogens with one attached hydrogen (secondary N) is 2. The molecule has 1 aromatic carbocycles. The number of hydrogen-bond donors (Lipinski definition) is 2. The maximum absolute atomic E-state index is 4.62. The highest BCUT2D eigenvalue weighted by molar-refractivity contribution is 5.66. The number of H-pyrrole nitrogens is 1. The summed E-state index contributed by atoms with van der Waals surface area (Å²) >= 11 is 0. The molecule has 5 rings (SSSR count). The molecular formula is C21H24N6. The van der Waals surface area contributed by atoms with E-state index >= 15 is 0 Å². The summed E-state index contributed by atoms with van der Waals surface area (Å²) in [5, 5.41) is 3.35. The molecule has 2 aliphatic rings. The largest absolute Gasteiger partial charge is 0.367 e. The summed E-state index contributed by atoms with van der Waals surface area (Å²) in [6.45, 7) is 4.49. The van der Waals surface area contributed by atoms with Crippen molar-refractivity contribution in [1.29, 1.82) is 0 Å². The van der Waals surface area contributed by atoms with Gasteiger partial charge in [-0.15, -0.1) is 0 Å². The van der Waals surface area contributed by atoms with Gasteiger partial charge in [0.1, 0.15) is 0 Å². The van der Waals surface area contributed by atoms with Crippen LogP contribution in [-0.4, -0.2) is 52.1 Å². The van der Waals surface area contributed by atoms with Crippen molar-refractivity contribution in [3.8, 4) is 11.3 Å². The van der Waals surface area contributed by atoms with Crippen LogP contribution in [0.1, 0.15) is 12.0 Å². The van der Waals surface area contributed by atoms with Crippen molar-refractivity contribution in [2.45, 2.75) is 25.4 Å².